The number of nitrogens with zero attached hydrogens (tertiary/aromatic N) is 1. The van der Waals surface area contributed by atoms with Crippen molar-refractivity contribution < 1.29 is 9.18 Å². The number of para-hydroxylation sites is 1. The van der Waals surface area contributed by atoms with Crippen LogP contribution in [-0.2, 0) is 0 Å². The molecule has 2 aromatic rings. The Morgan fingerprint density at radius 1 is 1.33 bits per heavy atom. The van der Waals surface area contributed by atoms with Gasteiger partial charge in [-0.15, -0.1) is 0 Å². The van der Waals surface area contributed by atoms with Crippen LogP contribution in [0.3, 0.4) is 0 Å². The Morgan fingerprint density at radius 3 is 2.67 bits per heavy atom. The first-order valence-electron chi connectivity index (χ1n) is 6.72. The average Bonchev–Trinajstić information content (AvgIpc) is 2.42. The van der Waals surface area contributed by atoms with Gasteiger partial charge in [-0.3, -0.25) is 4.79 Å². The lowest BCUT2D eigenvalue weighted by atomic mass is 10.1. The first-order valence-corrected chi connectivity index (χ1v) is 6.72. The Kier molecular flexibility index (Phi) is 4.21. The molecule has 110 valence electrons. The van der Waals surface area contributed by atoms with Gasteiger partial charge in [0.25, 0.3) is 5.91 Å². The van der Waals surface area contributed by atoms with E-state index in [9.17, 15) is 9.18 Å². The second-order valence-corrected chi connectivity index (χ2v) is 5.25. The molecule has 0 bridgehead atoms. The zero-order valence-corrected chi connectivity index (χ0v) is 12.3. The molecule has 1 heterocycles. The van der Waals surface area contributed by atoms with Gasteiger partial charge in [-0.25, -0.2) is 9.37 Å². The van der Waals surface area contributed by atoms with E-state index in [-0.39, 0.29) is 17.4 Å². The van der Waals surface area contributed by atoms with Crippen LogP contribution >= 0.6 is 0 Å². The zero-order valence-electron chi connectivity index (χ0n) is 12.3. The summed E-state index contributed by atoms with van der Waals surface area (Å²) in [5.41, 5.74) is 7.67. The van der Waals surface area contributed by atoms with Gasteiger partial charge in [0, 0.05) is 11.3 Å². The van der Waals surface area contributed by atoms with Crippen LogP contribution in [0.1, 0.15) is 41.4 Å². The van der Waals surface area contributed by atoms with Crippen molar-refractivity contribution in [1.82, 2.24) is 4.98 Å². The Morgan fingerprint density at radius 2 is 2.05 bits per heavy atom. The first-order chi connectivity index (χ1) is 9.88. The van der Waals surface area contributed by atoms with Crippen LogP contribution in [0, 0.1) is 12.7 Å². The third-order valence-electron chi connectivity index (χ3n) is 3.18. The summed E-state index contributed by atoms with van der Waals surface area (Å²) in [5.74, 6) is -0.444. The number of benzene rings is 1. The lowest BCUT2D eigenvalue weighted by molar-refractivity contribution is 0.102. The second-order valence-electron chi connectivity index (χ2n) is 5.25. The molecule has 0 aliphatic heterocycles. The van der Waals surface area contributed by atoms with Crippen LogP contribution in [-0.4, -0.2) is 10.9 Å². The van der Waals surface area contributed by atoms with Crippen LogP contribution in [0.2, 0.25) is 0 Å². The number of nitrogens with two attached hydrogens (primary N) is 1. The summed E-state index contributed by atoms with van der Waals surface area (Å²) < 4.78 is 13.8. The molecule has 1 amide bonds. The largest absolute Gasteiger partial charge is 0.384 e. The van der Waals surface area contributed by atoms with Gasteiger partial charge in [0.15, 0.2) is 0 Å². The quantitative estimate of drug-likeness (QED) is 0.908. The van der Waals surface area contributed by atoms with Gasteiger partial charge in [-0.2, -0.15) is 0 Å². The Labute approximate surface area is 123 Å². The average molecular weight is 287 g/mol. The monoisotopic (exact) mass is 287 g/mol. The lowest BCUT2D eigenvalue weighted by Crippen LogP contribution is -2.15. The summed E-state index contributed by atoms with van der Waals surface area (Å²) in [6.07, 6.45) is 0. The maximum atomic E-state index is 13.8. The minimum Gasteiger partial charge on any atom is -0.384 e. The fourth-order valence-electron chi connectivity index (χ4n) is 1.98. The Balaban J connectivity index is 2.33. The number of hydrogen-bond donors (Lipinski definition) is 2. The SMILES string of the molecule is Cc1cccc(F)c1NC(=O)c1cc(N)nc(C(C)C)c1. The van der Waals surface area contributed by atoms with Gasteiger partial charge in [-0.1, -0.05) is 26.0 Å². The van der Waals surface area contributed by atoms with Crippen molar-refractivity contribution in [3.05, 3.63) is 53.0 Å². The summed E-state index contributed by atoms with van der Waals surface area (Å²) in [4.78, 5) is 16.5. The van der Waals surface area contributed by atoms with Crippen LogP contribution < -0.4 is 11.1 Å². The number of hydrogen-bond acceptors (Lipinski definition) is 3. The van der Waals surface area contributed by atoms with Crippen molar-refractivity contribution in [3.63, 3.8) is 0 Å². The summed E-state index contributed by atoms with van der Waals surface area (Å²) >= 11 is 0. The summed E-state index contributed by atoms with van der Waals surface area (Å²) in [6, 6.07) is 7.80. The summed E-state index contributed by atoms with van der Waals surface area (Å²) in [6.45, 7) is 5.66. The van der Waals surface area contributed by atoms with Crippen LogP contribution in [0.4, 0.5) is 15.9 Å². The zero-order chi connectivity index (χ0) is 15.6. The van der Waals surface area contributed by atoms with E-state index in [4.69, 9.17) is 5.73 Å². The van der Waals surface area contributed by atoms with Crippen molar-refractivity contribution >= 4 is 17.4 Å². The van der Waals surface area contributed by atoms with Gasteiger partial charge in [-0.05, 0) is 36.6 Å². The Bertz CT molecular complexity index is 663. The number of carbonyl (C=O) groups excluding carboxylic acids is 1. The van der Waals surface area contributed by atoms with Crippen LogP contribution in [0.25, 0.3) is 0 Å². The van der Waals surface area contributed by atoms with Crippen molar-refractivity contribution in [3.8, 4) is 0 Å². The van der Waals surface area contributed by atoms with Crippen LogP contribution in [0.5, 0.6) is 0 Å². The molecule has 0 spiro atoms. The normalized spacial score (nSPS) is 10.7. The molecule has 21 heavy (non-hydrogen) atoms. The highest BCUT2D eigenvalue weighted by Gasteiger charge is 2.14. The maximum absolute atomic E-state index is 13.8. The standard InChI is InChI=1S/C16H18FN3O/c1-9(2)13-7-11(8-14(18)19-13)16(21)20-15-10(3)5-4-6-12(15)17/h4-9H,1-3H3,(H2,18,19)(H,20,21). The number of pyridine rings is 1. The molecule has 0 fully saturated rings. The lowest BCUT2D eigenvalue weighted by Gasteiger charge is -2.11. The van der Waals surface area contributed by atoms with Gasteiger partial charge < -0.3 is 11.1 Å². The van der Waals surface area contributed by atoms with E-state index in [2.05, 4.69) is 10.3 Å². The number of aryl methyl sites for hydroxylation is 1. The molecule has 3 N–H and O–H groups in total. The summed E-state index contributed by atoms with van der Waals surface area (Å²) in [7, 11) is 0. The van der Waals surface area contributed by atoms with E-state index in [0.29, 0.717) is 11.1 Å². The molecule has 1 aromatic carbocycles. The number of halogens is 1. The molecule has 0 atom stereocenters. The minimum atomic E-state index is -0.463. The number of rotatable bonds is 3. The van der Waals surface area contributed by atoms with E-state index < -0.39 is 11.7 Å². The van der Waals surface area contributed by atoms with E-state index >= 15 is 0 Å². The molecule has 0 unspecified atom stereocenters. The highest BCUT2D eigenvalue weighted by atomic mass is 19.1. The fraction of sp³-hybridized carbons (Fsp3) is 0.250. The number of amides is 1. The molecule has 0 saturated heterocycles. The van der Waals surface area contributed by atoms with Gasteiger partial charge in [0.1, 0.15) is 11.6 Å². The van der Waals surface area contributed by atoms with Crippen molar-refractivity contribution in [2.75, 3.05) is 11.1 Å². The topological polar surface area (TPSA) is 68.0 Å². The van der Waals surface area contributed by atoms with Gasteiger partial charge >= 0.3 is 0 Å². The fourth-order valence-corrected chi connectivity index (χ4v) is 1.98. The molecule has 0 saturated carbocycles. The second kappa shape index (κ2) is 5.91. The van der Waals surface area contributed by atoms with E-state index in [0.717, 1.165) is 5.69 Å². The van der Waals surface area contributed by atoms with E-state index in [1.54, 1.807) is 25.1 Å². The van der Waals surface area contributed by atoms with E-state index in [1.807, 2.05) is 13.8 Å². The van der Waals surface area contributed by atoms with Gasteiger partial charge in [0.05, 0.1) is 5.69 Å². The highest BCUT2D eigenvalue weighted by Crippen LogP contribution is 2.21. The molecule has 5 heteroatoms. The third kappa shape index (κ3) is 3.37. The third-order valence-corrected chi connectivity index (χ3v) is 3.18. The van der Waals surface area contributed by atoms with Crippen molar-refractivity contribution in [2.24, 2.45) is 0 Å². The maximum Gasteiger partial charge on any atom is 0.255 e. The minimum absolute atomic E-state index is 0.148. The molecule has 0 aliphatic rings. The smallest absolute Gasteiger partial charge is 0.255 e. The van der Waals surface area contributed by atoms with Crippen molar-refractivity contribution in [1.29, 1.82) is 0 Å². The molecule has 0 radical (unpaired) electrons. The number of aromatic nitrogens is 1. The van der Waals surface area contributed by atoms with E-state index in [1.165, 1.54) is 12.1 Å². The number of anilines is 2. The van der Waals surface area contributed by atoms with Crippen LogP contribution in [0.15, 0.2) is 30.3 Å². The number of nitrogen functional groups attached to an aromatic ring is 1. The van der Waals surface area contributed by atoms with Gasteiger partial charge in [0.2, 0.25) is 0 Å². The molecular weight excluding hydrogens is 269 g/mol. The first kappa shape index (κ1) is 15.0. The van der Waals surface area contributed by atoms with Crippen molar-refractivity contribution in [2.45, 2.75) is 26.7 Å². The molecular formula is C16H18FN3O. The molecule has 1 aromatic heterocycles. The molecule has 2 rings (SSSR count). The Hall–Kier alpha value is -2.43. The predicted octanol–water partition coefficient (Wildman–Crippen LogP) is 3.49. The predicted molar refractivity (Wildman–Crippen MR) is 81.8 cm³/mol. The highest BCUT2D eigenvalue weighted by molar-refractivity contribution is 6.05. The molecule has 0 aliphatic carbocycles. The summed E-state index contributed by atoms with van der Waals surface area (Å²) in [5, 5.41) is 2.59. The number of carbonyl (C=O) groups is 1. The number of nitrogens with one attached hydrogen (secondary N) is 1. The molecule has 4 nitrogen and oxygen atoms in total.